The lowest BCUT2D eigenvalue weighted by atomic mass is 9.93. The number of hydrogen-bond acceptors (Lipinski definition) is 5. The first-order valence-corrected chi connectivity index (χ1v) is 9.72. The molecule has 1 fully saturated rings. The molecular weight excluding hydrogens is 324 g/mol. The van der Waals surface area contributed by atoms with Gasteiger partial charge in [-0.15, -0.1) is 0 Å². The van der Waals surface area contributed by atoms with E-state index in [4.69, 9.17) is 0 Å². The number of aromatic nitrogens is 3. The molecule has 0 amide bonds. The molecule has 0 aromatic carbocycles. The van der Waals surface area contributed by atoms with E-state index in [1.54, 1.807) is 39.2 Å². The molecule has 6 nitrogen and oxygen atoms in total. The van der Waals surface area contributed by atoms with E-state index in [1.807, 2.05) is 12.1 Å². The molecule has 0 bridgehead atoms. The minimum Gasteiger partial charge on any atom is -0.370 e. The third kappa shape index (κ3) is 3.17. The van der Waals surface area contributed by atoms with E-state index >= 15 is 0 Å². The van der Waals surface area contributed by atoms with Gasteiger partial charge in [-0.2, -0.15) is 5.10 Å². The van der Waals surface area contributed by atoms with Crippen molar-refractivity contribution in [3.05, 3.63) is 36.3 Å². The van der Waals surface area contributed by atoms with Crippen molar-refractivity contribution in [2.45, 2.75) is 49.3 Å². The Morgan fingerprint density at radius 3 is 2.38 bits per heavy atom. The molecular formula is C17H24N4O2S. The fraction of sp³-hybridized carbons (Fsp3) is 0.529. The Labute approximate surface area is 143 Å². The van der Waals surface area contributed by atoms with E-state index in [9.17, 15) is 8.42 Å². The Kier molecular flexibility index (Phi) is 4.38. The van der Waals surface area contributed by atoms with Crippen LogP contribution >= 0.6 is 0 Å². The number of anilines is 1. The van der Waals surface area contributed by atoms with E-state index in [0.717, 1.165) is 31.6 Å². The molecule has 0 radical (unpaired) electrons. The summed E-state index contributed by atoms with van der Waals surface area (Å²) in [6.07, 6.45) is 5.56. The number of rotatable bonds is 3. The van der Waals surface area contributed by atoms with Crippen molar-refractivity contribution < 1.29 is 8.42 Å². The third-order valence-corrected chi connectivity index (χ3v) is 7.03. The summed E-state index contributed by atoms with van der Waals surface area (Å²) in [7, 11) is -3.40. The monoisotopic (exact) mass is 348 g/mol. The molecule has 0 spiro atoms. The van der Waals surface area contributed by atoms with Crippen LogP contribution in [0.2, 0.25) is 0 Å². The number of piperidine rings is 1. The lowest BCUT2D eigenvalue weighted by Crippen LogP contribution is -2.33. The highest BCUT2D eigenvalue weighted by Crippen LogP contribution is 2.30. The van der Waals surface area contributed by atoms with Crippen molar-refractivity contribution in [3.8, 4) is 0 Å². The number of pyridine rings is 1. The maximum absolute atomic E-state index is 12.4. The fourth-order valence-electron chi connectivity index (χ4n) is 2.97. The van der Waals surface area contributed by atoms with Gasteiger partial charge in [0.25, 0.3) is 0 Å². The van der Waals surface area contributed by atoms with Crippen LogP contribution in [0.5, 0.6) is 0 Å². The molecule has 2 aromatic rings. The topological polar surface area (TPSA) is 79.0 Å². The second kappa shape index (κ2) is 6.20. The van der Waals surface area contributed by atoms with Gasteiger partial charge in [-0.25, -0.2) is 13.4 Å². The Bertz CT molecular complexity index is 769. The van der Waals surface area contributed by atoms with Gasteiger partial charge in [0.15, 0.2) is 14.9 Å². The molecule has 3 rings (SSSR count). The summed E-state index contributed by atoms with van der Waals surface area (Å²) in [4.78, 5) is 6.47. The smallest absolute Gasteiger partial charge is 0.200 e. The molecule has 0 aliphatic carbocycles. The van der Waals surface area contributed by atoms with Crippen LogP contribution in [0.1, 0.15) is 45.2 Å². The minimum absolute atomic E-state index is 0.145. The summed E-state index contributed by atoms with van der Waals surface area (Å²) in [5.41, 5.74) is 2.17. The van der Waals surface area contributed by atoms with Gasteiger partial charge in [0, 0.05) is 30.9 Å². The van der Waals surface area contributed by atoms with Gasteiger partial charge in [-0.3, -0.25) is 5.10 Å². The van der Waals surface area contributed by atoms with Crippen LogP contribution in [-0.2, 0) is 9.84 Å². The van der Waals surface area contributed by atoms with Crippen molar-refractivity contribution in [1.29, 1.82) is 0 Å². The third-order valence-electron chi connectivity index (χ3n) is 4.62. The zero-order valence-corrected chi connectivity index (χ0v) is 15.2. The molecule has 1 aliphatic rings. The minimum atomic E-state index is -3.40. The van der Waals surface area contributed by atoms with E-state index in [-0.39, 0.29) is 5.03 Å². The lowest BCUT2D eigenvalue weighted by Gasteiger charge is -2.33. The van der Waals surface area contributed by atoms with Crippen LogP contribution in [0, 0.1) is 0 Å². The van der Waals surface area contributed by atoms with E-state index in [0.29, 0.717) is 5.92 Å². The standard InChI is InChI=1S/C17H24N4O2S/c1-17(2,3)24(22,23)16-5-4-14(12-18-16)21-10-7-13(8-11-21)15-6-9-19-20-15/h4-6,9,12-13H,7-8,10-11H2,1-3H3,(H,19,20). The largest absolute Gasteiger partial charge is 0.370 e. The Morgan fingerprint density at radius 2 is 1.88 bits per heavy atom. The molecule has 3 heterocycles. The number of H-pyrrole nitrogens is 1. The first-order chi connectivity index (χ1) is 11.3. The average Bonchev–Trinajstić information content (AvgIpc) is 3.08. The van der Waals surface area contributed by atoms with Gasteiger partial charge < -0.3 is 4.90 Å². The van der Waals surface area contributed by atoms with Crippen LogP contribution in [0.15, 0.2) is 35.6 Å². The van der Waals surface area contributed by atoms with Crippen molar-refractivity contribution in [2.75, 3.05) is 18.0 Å². The normalized spacial score (nSPS) is 17.2. The zero-order valence-electron chi connectivity index (χ0n) is 14.4. The number of nitrogens with one attached hydrogen (secondary N) is 1. The first-order valence-electron chi connectivity index (χ1n) is 8.24. The van der Waals surface area contributed by atoms with Gasteiger partial charge in [0.1, 0.15) is 0 Å². The van der Waals surface area contributed by atoms with Crippen LogP contribution in [-0.4, -0.2) is 41.4 Å². The molecule has 2 aromatic heterocycles. The molecule has 7 heteroatoms. The van der Waals surface area contributed by atoms with Gasteiger partial charge >= 0.3 is 0 Å². The predicted molar refractivity (Wildman–Crippen MR) is 94.0 cm³/mol. The zero-order chi connectivity index (χ0) is 17.4. The summed E-state index contributed by atoms with van der Waals surface area (Å²) in [6, 6.07) is 5.52. The number of aromatic amines is 1. The Hall–Kier alpha value is -1.89. The Morgan fingerprint density at radius 1 is 1.17 bits per heavy atom. The summed E-state index contributed by atoms with van der Waals surface area (Å²) < 4.78 is 24.0. The van der Waals surface area contributed by atoms with Crippen LogP contribution < -0.4 is 4.90 Å². The average molecular weight is 348 g/mol. The first kappa shape index (κ1) is 17.0. The number of sulfone groups is 1. The highest BCUT2D eigenvalue weighted by atomic mass is 32.2. The molecule has 0 atom stereocenters. The summed E-state index contributed by atoms with van der Waals surface area (Å²) in [5.74, 6) is 0.511. The van der Waals surface area contributed by atoms with Crippen LogP contribution in [0.4, 0.5) is 5.69 Å². The van der Waals surface area contributed by atoms with Gasteiger partial charge in [0.2, 0.25) is 0 Å². The molecule has 1 N–H and O–H groups in total. The van der Waals surface area contributed by atoms with E-state index < -0.39 is 14.6 Å². The van der Waals surface area contributed by atoms with Gasteiger partial charge in [-0.1, -0.05) is 0 Å². The molecule has 1 aliphatic heterocycles. The van der Waals surface area contributed by atoms with Gasteiger partial charge in [-0.05, 0) is 51.8 Å². The number of hydrogen-bond donors (Lipinski definition) is 1. The SMILES string of the molecule is CC(C)(C)S(=O)(=O)c1ccc(N2CCC(c3ccn[nH]3)CC2)cn1. The summed E-state index contributed by atoms with van der Waals surface area (Å²) in [6.45, 7) is 6.93. The lowest BCUT2D eigenvalue weighted by molar-refractivity contribution is 0.495. The van der Waals surface area contributed by atoms with E-state index in [2.05, 4.69) is 20.1 Å². The van der Waals surface area contributed by atoms with Gasteiger partial charge in [0.05, 0.1) is 16.6 Å². The molecule has 0 unspecified atom stereocenters. The van der Waals surface area contributed by atoms with E-state index in [1.165, 1.54) is 5.69 Å². The quantitative estimate of drug-likeness (QED) is 0.923. The van der Waals surface area contributed by atoms with Crippen LogP contribution in [0.3, 0.4) is 0 Å². The highest BCUT2D eigenvalue weighted by molar-refractivity contribution is 7.92. The molecule has 1 saturated heterocycles. The second-order valence-electron chi connectivity index (χ2n) is 7.24. The maximum Gasteiger partial charge on any atom is 0.200 e. The fourth-order valence-corrected chi connectivity index (χ4v) is 4.04. The van der Waals surface area contributed by atoms with Crippen molar-refractivity contribution in [1.82, 2.24) is 15.2 Å². The van der Waals surface area contributed by atoms with Crippen molar-refractivity contribution >= 4 is 15.5 Å². The molecule has 0 saturated carbocycles. The summed E-state index contributed by atoms with van der Waals surface area (Å²) in [5, 5.41) is 7.22. The van der Waals surface area contributed by atoms with Crippen LogP contribution in [0.25, 0.3) is 0 Å². The number of nitrogens with zero attached hydrogens (tertiary/aromatic N) is 3. The second-order valence-corrected chi connectivity index (χ2v) is 9.89. The molecule has 130 valence electrons. The van der Waals surface area contributed by atoms with Crippen molar-refractivity contribution in [2.24, 2.45) is 0 Å². The Balaban J connectivity index is 1.69. The molecule has 24 heavy (non-hydrogen) atoms. The summed E-state index contributed by atoms with van der Waals surface area (Å²) >= 11 is 0. The highest BCUT2D eigenvalue weighted by Gasteiger charge is 2.32. The maximum atomic E-state index is 12.4. The van der Waals surface area contributed by atoms with Crippen molar-refractivity contribution in [3.63, 3.8) is 0 Å². The predicted octanol–water partition coefficient (Wildman–Crippen LogP) is 2.76.